The van der Waals surface area contributed by atoms with Crippen LogP contribution in [0, 0.1) is 5.92 Å². The van der Waals surface area contributed by atoms with Crippen LogP contribution in [0.3, 0.4) is 0 Å². The van der Waals surface area contributed by atoms with E-state index in [9.17, 15) is 9.59 Å². The molecule has 0 saturated carbocycles. The van der Waals surface area contributed by atoms with E-state index in [1.165, 1.54) is 16.8 Å². The molecule has 0 bridgehead atoms. The summed E-state index contributed by atoms with van der Waals surface area (Å²) in [4.78, 5) is 26.8. The molecule has 0 saturated heterocycles. The van der Waals surface area contributed by atoms with Gasteiger partial charge in [-0.15, -0.1) is 0 Å². The van der Waals surface area contributed by atoms with Crippen molar-refractivity contribution in [3.8, 4) is 0 Å². The zero-order valence-corrected chi connectivity index (χ0v) is 10.3. The highest BCUT2D eigenvalue weighted by Crippen LogP contribution is 2.12. The van der Waals surface area contributed by atoms with E-state index in [1.807, 2.05) is 0 Å². The van der Waals surface area contributed by atoms with E-state index < -0.39 is 5.69 Å². The van der Waals surface area contributed by atoms with Crippen LogP contribution < -0.4 is 11.4 Å². The van der Waals surface area contributed by atoms with E-state index in [4.69, 9.17) is 5.73 Å². The molecule has 0 spiro atoms. The van der Waals surface area contributed by atoms with Gasteiger partial charge < -0.3 is 5.73 Å². The highest BCUT2D eigenvalue weighted by Gasteiger charge is 2.11. The maximum absolute atomic E-state index is 11.8. The fourth-order valence-corrected chi connectivity index (χ4v) is 1.72. The zero-order chi connectivity index (χ0) is 12.8. The summed E-state index contributed by atoms with van der Waals surface area (Å²) in [5.74, 6) is 0.644. The van der Waals surface area contributed by atoms with Gasteiger partial charge in [0.15, 0.2) is 5.78 Å². The molecule has 1 rings (SSSR count). The Kier molecular flexibility index (Phi) is 4.87. The van der Waals surface area contributed by atoms with E-state index in [1.54, 1.807) is 0 Å². The van der Waals surface area contributed by atoms with Gasteiger partial charge in [0.05, 0.1) is 6.54 Å². The molecule has 0 aliphatic heterocycles. The number of carbonyl (C=O) groups is 1. The first kappa shape index (κ1) is 13.4. The molecule has 0 aliphatic carbocycles. The number of carbonyl (C=O) groups excluding carboxylic acids is 1. The average Bonchev–Trinajstić information content (AvgIpc) is 2.29. The number of nitrogens with zero attached hydrogens (tertiary/aromatic N) is 2. The van der Waals surface area contributed by atoms with Crippen molar-refractivity contribution < 1.29 is 4.79 Å². The van der Waals surface area contributed by atoms with E-state index in [0.29, 0.717) is 12.3 Å². The third kappa shape index (κ3) is 4.01. The Bertz CT molecular complexity index is 436. The first-order valence-electron chi connectivity index (χ1n) is 5.91. The van der Waals surface area contributed by atoms with Crippen LogP contribution in [0.1, 0.15) is 33.1 Å². The van der Waals surface area contributed by atoms with Crippen LogP contribution in [-0.4, -0.2) is 15.3 Å². The molecular weight excluding hydrogens is 218 g/mol. The highest BCUT2D eigenvalue weighted by molar-refractivity contribution is 5.78. The van der Waals surface area contributed by atoms with Gasteiger partial charge in [-0.3, -0.25) is 9.36 Å². The van der Waals surface area contributed by atoms with Crippen LogP contribution in [0.5, 0.6) is 0 Å². The van der Waals surface area contributed by atoms with E-state index in [2.05, 4.69) is 18.8 Å². The molecule has 1 heterocycles. The van der Waals surface area contributed by atoms with Crippen molar-refractivity contribution in [1.82, 2.24) is 9.55 Å². The lowest BCUT2D eigenvalue weighted by molar-refractivity contribution is -0.120. The van der Waals surface area contributed by atoms with Crippen molar-refractivity contribution in [2.75, 3.05) is 5.73 Å². The van der Waals surface area contributed by atoms with Crippen LogP contribution in [0.15, 0.2) is 17.1 Å². The lowest BCUT2D eigenvalue weighted by Crippen LogP contribution is -2.27. The first-order valence-corrected chi connectivity index (χ1v) is 5.91. The molecule has 5 nitrogen and oxygen atoms in total. The van der Waals surface area contributed by atoms with Gasteiger partial charge in [0.2, 0.25) is 0 Å². The standard InChI is InChI=1S/C12H19N3O2/c1-3-9(4-2)7-10(16)8-15-6-5-11(13)14-12(15)17/h5-6,9H,3-4,7-8H2,1-2H3,(H2,13,14,17). The van der Waals surface area contributed by atoms with Gasteiger partial charge in [0, 0.05) is 12.6 Å². The summed E-state index contributed by atoms with van der Waals surface area (Å²) >= 11 is 0. The lowest BCUT2D eigenvalue weighted by atomic mass is 9.97. The van der Waals surface area contributed by atoms with Crippen molar-refractivity contribution in [3.05, 3.63) is 22.7 Å². The molecule has 94 valence electrons. The summed E-state index contributed by atoms with van der Waals surface area (Å²) < 4.78 is 1.29. The quantitative estimate of drug-likeness (QED) is 0.807. The Morgan fingerprint density at radius 1 is 1.47 bits per heavy atom. The Balaban J connectivity index is 2.65. The minimum Gasteiger partial charge on any atom is -0.383 e. The van der Waals surface area contributed by atoms with E-state index in [0.717, 1.165) is 12.8 Å². The molecule has 0 amide bonds. The topological polar surface area (TPSA) is 78.0 Å². The van der Waals surface area contributed by atoms with Crippen LogP contribution >= 0.6 is 0 Å². The number of nitrogens with two attached hydrogens (primary N) is 1. The maximum atomic E-state index is 11.8. The largest absolute Gasteiger partial charge is 0.383 e. The lowest BCUT2D eigenvalue weighted by Gasteiger charge is -2.11. The number of Topliss-reactive ketones (excluding diaryl/α,β-unsaturated/α-hetero) is 1. The van der Waals surface area contributed by atoms with Gasteiger partial charge in [-0.25, -0.2) is 4.79 Å². The van der Waals surface area contributed by atoms with Crippen LogP contribution in [0.4, 0.5) is 5.82 Å². The Morgan fingerprint density at radius 3 is 2.65 bits per heavy atom. The third-order valence-corrected chi connectivity index (χ3v) is 2.91. The van der Waals surface area contributed by atoms with Gasteiger partial charge in [0.1, 0.15) is 5.82 Å². The number of hydrogen-bond acceptors (Lipinski definition) is 4. The SMILES string of the molecule is CCC(CC)CC(=O)Cn1ccc(N)nc1=O. The Hall–Kier alpha value is -1.65. The number of ketones is 1. The normalized spacial score (nSPS) is 10.8. The fourth-order valence-electron chi connectivity index (χ4n) is 1.72. The molecule has 0 atom stereocenters. The van der Waals surface area contributed by atoms with E-state index >= 15 is 0 Å². The second kappa shape index (κ2) is 6.18. The van der Waals surface area contributed by atoms with Crippen molar-refractivity contribution in [1.29, 1.82) is 0 Å². The smallest absolute Gasteiger partial charge is 0.349 e. The maximum Gasteiger partial charge on any atom is 0.349 e. The number of anilines is 1. The second-order valence-electron chi connectivity index (χ2n) is 4.19. The van der Waals surface area contributed by atoms with Gasteiger partial charge in [-0.1, -0.05) is 26.7 Å². The minimum atomic E-state index is -0.470. The van der Waals surface area contributed by atoms with Crippen molar-refractivity contribution in [2.45, 2.75) is 39.7 Å². The zero-order valence-electron chi connectivity index (χ0n) is 10.3. The predicted molar refractivity (Wildman–Crippen MR) is 66.6 cm³/mol. The predicted octanol–water partition coefficient (Wildman–Crippen LogP) is 1.22. The summed E-state index contributed by atoms with van der Waals surface area (Å²) in [6.07, 6.45) is 3.99. The Morgan fingerprint density at radius 2 is 2.12 bits per heavy atom. The third-order valence-electron chi connectivity index (χ3n) is 2.91. The molecular formula is C12H19N3O2. The van der Waals surface area contributed by atoms with Crippen LogP contribution in [0.2, 0.25) is 0 Å². The molecule has 1 aromatic heterocycles. The molecule has 0 radical (unpaired) electrons. The minimum absolute atomic E-state index is 0.0624. The molecule has 0 aromatic carbocycles. The molecule has 0 unspecified atom stereocenters. The molecule has 5 heteroatoms. The number of rotatable bonds is 6. The Labute approximate surface area is 101 Å². The number of nitrogen functional groups attached to an aromatic ring is 1. The first-order chi connectivity index (χ1) is 8.06. The molecule has 2 N–H and O–H groups in total. The van der Waals surface area contributed by atoms with Crippen molar-refractivity contribution >= 4 is 11.6 Å². The average molecular weight is 237 g/mol. The van der Waals surface area contributed by atoms with Crippen molar-refractivity contribution in [3.63, 3.8) is 0 Å². The van der Waals surface area contributed by atoms with Crippen LogP contribution in [0.25, 0.3) is 0 Å². The van der Waals surface area contributed by atoms with Gasteiger partial charge >= 0.3 is 5.69 Å². The summed E-state index contributed by atoms with van der Waals surface area (Å²) in [5, 5.41) is 0. The van der Waals surface area contributed by atoms with Gasteiger partial charge in [0.25, 0.3) is 0 Å². The van der Waals surface area contributed by atoms with Crippen LogP contribution in [-0.2, 0) is 11.3 Å². The number of hydrogen-bond donors (Lipinski definition) is 1. The fraction of sp³-hybridized carbons (Fsp3) is 0.583. The van der Waals surface area contributed by atoms with Gasteiger partial charge in [-0.05, 0) is 12.0 Å². The summed E-state index contributed by atoms with van der Waals surface area (Å²) in [5.41, 5.74) is 4.90. The highest BCUT2D eigenvalue weighted by atomic mass is 16.2. The summed E-state index contributed by atoms with van der Waals surface area (Å²) in [7, 11) is 0. The van der Waals surface area contributed by atoms with Gasteiger partial charge in [-0.2, -0.15) is 4.98 Å². The van der Waals surface area contributed by atoms with Crippen molar-refractivity contribution in [2.24, 2.45) is 5.92 Å². The molecule has 0 fully saturated rings. The summed E-state index contributed by atoms with van der Waals surface area (Å²) in [6, 6.07) is 1.52. The monoisotopic (exact) mass is 237 g/mol. The molecule has 0 aliphatic rings. The molecule has 1 aromatic rings. The summed E-state index contributed by atoms with van der Waals surface area (Å²) in [6.45, 7) is 4.22. The number of aromatic nitrogens is 2. The second-order valence-corrected chi connectivity index (χ2v) is 4.19. The van der Waals surface area contributed by atoms with E-state index in [-0.39, 0.29) is 18.1 Å². The molecule has 17 heavy (non-hydrogen) atoms.